The Labute approximate surface area is 162 Å². The highest BCUT2D eigenvalue weighted by molar-refractivity contribution is 7.99. The molecule has 0 saturated heterocycles. The van der Waals surface area contributed by atoms with Gasteiger partial charge in [0.2, 0.25) is 5.91 Å². The highest BCUT2D eigenvalue weighted by Crippen LogP contribution is 2.22. The predicted octanol–water partition coefficient (Wildman–Crippen LogP) is 4.16. The second kappa shape index (κ2) is 9.32. The molecule has 140 valence electrons. The molecule has 0 bridgehead atoms. The summed E-state index contributed by atoms with van der Waals surface area (Å²) in [4.78, 5) is 12.4. The summed E-state index contributed by atoms with van der Waals surface area (Å²) in [5.41, 5.74) is 1.45. The molecule has 27 heavy (non-hydrogen) atoms. The summed E-state index contributed by atoms with van der Waals surface area (Å²) in [6.07, 6.45) is 3.28. The SMILES string of the molecule is CCC[C@H](NC(=O)CSc1nncn1-c1ccccc1F)c1ccccc1. The fraction of sp³-hybridized carbons (Fsp3) is 0.250. The lowest BCUT2D eigenvalue weighted by molar-refractivity contribution is -0.119. The van der Waals surface area contributed by atoms with Gasteiger partial charge in [-0.3, -0.25) is 9.36 Å². The van der Waals surface area contributed by atoms with E-state index >= 15 is 0 Å². The average Bonchev–Trinajstić information content (AvgIpc) is 3.15. The lowest BCUT2D eigenvalue weighted by Crippen LogP contribution is -2.30. The van der Waals surface area contributed by atoms with Crippen molar-refractivity contribution in [1.29, 1.82) is 0 Å². The van der Waals surface area contributed by atoms with Crippen LogP contribution in [0.25, 0.3) is 5.69 Å². The number of amides is 1. The Balaban J connectivity index is 1.64. The van der Waals surface area contributed by atoms with Crippen molar-refractivity contribution in [3.05, 3.63) is 72.3 Å². The molecular weight excluding hydrogens is 363 g/mol. The van der Waals surface area contributed by atoms with Gasteiger partial charge in [0.05, 0.1) is 17.5 Å². The van der Waals surface area contributed by atoms with Gasteiger partial charge >= 0.3 is 0 Å². The number of para-hydroxylation sites is 1. The number of aromatic nitrogens is 3. The van der Waals surface area contributed by atoms with Crippen molar-refractivity contribution in [2.45, 2.75) is 31.0 Å². The van der Waals surface area contributed by atoms with Gasteiger partial charge in [0.15, 0.2) is 5.16 Å². The highest BCUT2D eigenvalue weighted by Gasteiger charge is 2.16. The lowest BCUT2D eigenvalue weighted by atomic mass is 10.0. The third-order valence-corrected chi connectivity index (χ3v) is 5.02. The molecule has 1 amide bonds. The van der Waals surface area contributed by atoms with E-state index in [4.69, 9.17) is 0 Å². The molecule has 1 atom stereocenters. The van der Waals surface area contributed by atoms with Gasteiger partial charge in [-0.2, -0.15) is 0 Å². The van der Waals surface area contributed by atoms with Gasteiger partial charge in [-0.1, -0.05) is 67.6 Å². The summed E-state index contributed by atoms with van der Waals surface area (Å²) in [5.74, 6) is -0.277. The minimum Gasteiger partial charge on any atom is -0.349 e. The van der Waals surface area contributed by atoms with Crippen molar-refractivity contribution >= 4 is 17.7 Å². The number of hydrogen-bond donors (Lipinski definition) is 1. The van der Waals surface area contributed by atoms with E-state index in [2.05, 4.69) is 22.4 Å². The topological polar surface area (TPSA) is 59.8 Å². The van der Waals surface area contributed by atoms with Crippen molar-refractivity contribution in [3.8, 4) is 5.69 Å². The van der Waals surface area contributed by atoms with Gasteiger partial charge in [0, 0.05) is 0 Å². The first-order valence-electron chi connectivity index (χ1n) is 8.81. The Hall–Kier alpha value is -2.67. The summed E-state index contributed by atoms with van der Waals surface area (Å²) in [7, 11) is 0. The molecule has 0 aliphatic heterocycles. The van der Waals surface area contributed by atoms with Crippen LogP contribution in [0.3, 0.4) is 0 Å². The van der Waals surface area contributed by atoms with Crippen LogP contribution in [0.2, 0.25) is 0 Å². The Kier molecular flexibility index (Phi) is 6.59. The number of thioether (sulfide) groups is 1. The fourth-order valence-electron chi connectivity index (χ4n) is 2.80. The molecule has 0 saturated carbocycles. The second-order valence-electron chi connectivity index (χ2n) is 6.04. The number of nitrogens with zero attached hydrogens (tertiary/aromatic N) is 3. The maximum absolute atomic E-state index is 14.0. The number of nitrogens with one attached hydrogen (secondary N) is 1. The highest BCUT2D eigenvalue weighted by atomic mass is 32.2. The molecule has 1 aromatic heterocycles. The number of hydrogen-bond acceptors (Lipinski definition) is 4. The number of rotatable bonds is 8. The number of halogens is 1. The van der Waals surface area contributed by atoms with E-state index < -0.39 is 0 Å². The molecule has 1 heterocycles. The van der Waals surface area contributed by atoms with Gasteiger partial charge in [-0.15, -0.1) is 10.2 Å². The Bertz CT molecular complexity index is 884. The summed E-state index contributed by atoms with van der Waals surface area (Å²) in [6.45, 7) is 2.09. The average molecular weight is 384 g/mol. The van der Waals surface area contributed by atoms with Crippen LogP contribution >= 0.6 is 11.8 Å². The minimum atomic E-state index is -0.365. The molecule has 0 aliphatic rings. The van der Waals surface area contributed by atoms with E-state index in [1.165, 1.54) is 24.2 Å². The van der Waals surface area contributed by atoms with Crippen LogP contribution in [0.1, 0.15) is 31.4 Å². The summed E-state index contributed by atoms with van der Waals surface area (Å²) in [5, 5.41) is 11.4. The van der Waals surface area contributed by atoms with Gasteiger partial charge < -0.3 is 5.32 Å². The molecule has 2 aromatic carbocycles. The molecule has 3 rings (SSSR count). The van der Waals surface area contributed by atoms with E-state index in [-0.39, 0.29) is 23.5 Å². The quantitative estimate of drug-likeness (QED) is 0.593. The van der Waals surface area contributed by atoms with Gasteiger partial charge in [-0.25, -0.2) is 4.39 Å². The molecule has 0 aliphatic carbocycles. The third kappa shape index (κ3) is 4.95. The Morgan fingerprint density at radius 1 is 1.19 bits per heavy atom. The first kappa shape index (κ1) is 19.1. The van der Waals surface area contributed by atoms with Crippen molar-refractivity contribution in [1.82, 2.24) is 20.1 Å². The van der Waals surface area contributed by atoms with Crippen molar-refractivity contribution in [2.75, 3.05) is 5.75 Å². The molecule has 5 nitrogen and oxygen atoms in total. The Morgan fingerprint density at radius 3 is 2.67 bits per heavy atom. The van der Waals surface area contributed by atoms with E-state index in [1.54, 1.807) is 22.8 Å². The maximum atomic E-state index is 14.0. The molecule has 7 heteroatoms. The van der Waals surface area contributed by atoms with E-state index in [9.17, 15) is 9.18 Å². The van der Waals surface area contributed by atoms with Gasteiger partial charge in [0.1, 0.15) is 12.1 Å². The fourth-order valence-corrected chi connectivity index (χ4v) is 3.53. The van der Waals surface area contributed by atoms with Crippen LogP contribution in [-0.2, 0) is 4.79 Å². The first-order chi connectivity index (χ1) is 13.2. The molecule has 0 fully saturated rings. The summed E-state index contributed by atoms with van der Waals surface area (Å²) >= 11 is 1.23. The maximum Gasteiger partial charge on any atom is 0.230 e. The lowest BCUT2D eigenvalue weighted by Gasteiger charge is -2.18. The van der Waals surface area contributed by atoms with Crippen molar-refractivity contribution < 1.29 is 9.18 Å². The van der Waals surface area contributed by atoms with Crippen LogP contribution in [0.15, 0.2) is 66.1 Å². The summed E-state index contributed by atoms with van der Waals surface area (Å²) < 4.78 is 15.6. The molecule has 1 N–H and O–H groups in total. The van der Waals surface area contributed by atoms with Crippen molar-refractivity contribution in [2.24, 2.45) is 0 Å². The van der Waals surface area contributed by atoms with Crippen LogP contribution < -0.4 is 5.32 Å². The molecule has 3 aromatic rings. The third-order valence-electron chi connectivity index (χ3n) is 4.08. The Morgan fingerprint density at radius 2 is 1.93 bits per heavy atom. The number of benzene rings is 2. The first-order valence-corrected chi connectivity index (χ1v) is 9.79. The largest absolute Gasteiger partial charge is 0.349 e. The van der Waals surface area contributed by atoms with Crippen molar-refractivity contribution in [3.63, 3.8) is 0 Å². The zero-order valence-corrected chi connectivity index (χ0v) is 15.8. The summed E-state index contributed by atoms with van der Waals surface area (Å²) in [6, 6.07) is 16.3. The minimum absolute atomic E-state index is 0.0197. The zero-order valence-electron chi connectivity index (χ0n) is 15.0. The van der Waals surface area contributed by atoms with Crippen LogP contribution in [0.5, 0.6) is 0 Å². The normalized spacial score (nSPS) is 11.9. The van der Waals surface area contributed by atoms with E-state index in [0.29, 0.717) is 10.8 Å². The van der Waals surface area contributed by atoms with Crippen LogP contribution in [0.4, 0.5) is 4.39 Å². The van der Waals surface area contributed by atoms with Gasteiger partial charge in [0.25, 0.3) is 0 Å². The second-order valence-corrected chi connectivity index (χ2v) is 6.99. The number of carbonyl (C=O) groups excluding carboxylic acids is 1. The van der Waals surface area contributed by atoms with E-state index in [0.717, 1.165) is 18.4 Å². The molecule has 0 spiro atoms. The molecular formula is C20H21FN4OS. The smallest absolute Gasteiger partial charge is 0.230 e. The van der Waals surface area contributed by atoms with Crippen LogP contribution in [-0.4, -0.2) is 26.4 Å². The monoisotopic (exact) mass is 384 g/mol. The van der Waals surface area contributed by atoms with Gasteiger partial charge in [-0.05, 0) is 24.1 Å². The number of carbonyl (C=O) groups is 1. The predicted molar refractivity (Wildman–Crippen MR) is 104 cm³/mol. The molecule has 0 unspecified atom stereocenters. The van der Waals surface area contributed by atoms with Crippen LogP contribution in [0, 0.1) is 5.82 Å². The standard InChI is InChI=1S/C20H21FN4OS/c1-2-8-17(15-9-4-3-5-10-15)23-19(26)13-27-20-24-22-14-25(20)18-12-7-6-11-16(18)21/h3-7,9-12,14,17H,2,8,13H2,1H3,(H,23,26)/t17-/m0/s1. The molecule has 0 radical (unpaired) electrons. The van der Waals surface area contributed by atoms with E-state index in [1.807, 2.05) is 30.3 Å². The zero-order chi connectivity index (χ0) is 19.1.